The summed E-state index contributed by atoms with van der Waals surface area (Å²) in [6.45, 7) is 5.69. The van der Waals surface area contributed by atoms with Gasteiger partial charge in [0, 0.05) is 0 Å². The molecule has 0 spiro atoms. The maximum Gasteiger partial charge on any atom is 0.315 e. The molecule has 2 amide bonds. The number of halogens is 2. The number of carbonyl (C=O) groups is 1. The number of hydrogen-bond donors (Lipinski definition) is 2. The van der Waals surface area contributed by atoms with Crippen LogP contribution in [0, 0.1) is 11.6 Å². The molecule has 0 aliphatic carbocycles. The summed E-state index contributed by atoms with van der Waals surface area (Å²) in [4.78, 5) is 12.1. The highest BCUT2D eigenvalue weighted by molar-refractivity contribution is 5.74. The number of benzene rings is 2. The van der Waals surface area contributed by atoms with Crippen LogP contribution in [0.3, 0.4) is 0 Å². The van der Waals surface area contributed by atoms with Gasteiger partial charge in [-0.3, -0.25) is 0 Å². The number of carbonyl (C=O) groups excluding carboxylic acids is 1. The maximum absolute atomic E-state index is 13.3. The number of aryl methyl sites for hydroxylation is 1. The third kappa shape index (κ3) is 4.54. The third-order valence-corrected chi connectivity index (χ3v) is 4.03. The molecule has 0 heterocycles. The zero-order valence-electron chi connectivity index (χ0n) is 14.1. The van der Waals surface area contributed by atoms with Gasteiger partial charge >= 0.3 is 6.03 Å². The van der Waals surface area contributed by atoms with Crippen molar-refractivity contribution < 1.29 is 13.6 Å². The average Bonchev–Trinajstić information content (AvgIpc) is 2.57. The van der Waals surface area contributed by atoms with Crippen LogP contribution in [-0.2, 0) is 6.42 Å². The molecule has 0 fully saturated rings. The van der Waals surface area contributed by atoms with Crippen molar-refractivity contribution in [3.63, 3.8) is 0 Å². The number of rotatable bonds is 5. The predicted octanol–water partition coefficient (Wildman–Crippen LogP) is 4.65. The Labute approximate surface area is 141 Å². The lowest BCUT2D eigenvalue weighted by atomic mass is 10.1. The fourth-order valence-electron chi connectivity index (χ4n) is 2.43. The second-order valence-electron chi connectivity index (χ2n) is 5.83. The van der Waals surface area contributed by atoms with Gasteiger partial charge in [0.15, 0.2) is 11.6 Å². The molecular weight excluding hydrogens is 310 g/mol. The van der Waals surface area contributed by atoms with Crippen molar-refractivity contribution in [1.29, 1.82) is 0 Å². The number of hydrogen-bond acceptors (Lipinski definition) is 1. The summed E-state index contributed by atoms with van der Waals surface area (Å²) >= 11 is 0. The molecule has 0 aromatic heterocycles. The summed E-state index contributed by atoms with van der Waals surface area (Å²) in [6, 6.07) is 10.7. The Morgan fingerprint density at radius 2 is 1.46 bits per heavy atom. The van der Waals surface area contributed by atoms with Gasteiger partial charge < -0.3 is 10.6 Å². The lowest BCUT2D eigenvalue weighted by Crippen LogP contribution is -2.38. The lowest BCUT2D eigenvalue weighted by molar-refractivity contribution is 0.235. The zero-order chi connectivity index (χ0) is 17.7. The fourth-order valence-corrected chi connectivity index (χ4v) is 2.43. The highest BCUT2D eigenvalue weighted by Gasteiger charge is 2.14. The molecule has 5 heteroatoms. The predicted molar refractivity (Wildman–Crippen MR) is 90.7 cm³/mol. The molecule has 128 valence electrons. The normalized spacial score (nSPS) is 13.2. The number of urea groups is 1. The molecule has 2 N–H and O–H groups in total. The molecule has 0 aliphatic rings. The highest BCUT2D eigenvalue weighted by Crippen LogP contribution is 2.17. The summed E-state index contributed by atoms with van der Waals surface area (Å²) in [5.41, 5.74) is 2.74. The lowest BCUT2D eigenvalue weighted by Gasteiger charge is -2.19. The Kier molecular flexibility index (Phi) is 5.90. The molecule has 0 saturated carbocycles. The van der Waals surface area contributed by atoms with Crippen LogP contribution in [0.15, 0.2) is 42.5 Å². The standard InChI is InChI=1S/C19H22F2N2O/c1-4-14-5-7-15(8-6-14)12(2)22-19(24)23-13(3)16-9-10-17(20)18(21)11-16/h5-13H,4H2,1-3H3,(H2,22,23,24). The molecule has 24 heavy (non-hydrogen) atoms. The molecule has 3 nitrogen and oxygen atoms in total. The first-order valence-electron chi connectivity index (χ1n) is 8.01. The van der Waals surface area contributed by atoms with Gasteiger partial charge in [0.05, 0.1) is 12.1 Å². The van der Waals surface area contributed by atoms with Crippen molar-refractivity contribution in [2.45, 2.75) is 39.3 Å². The van der Waals surface area contributed by atoms with Gasteiger partial charge in [-0.2, -0.15) is 0 Å². The zero-order valence-corrected chi connectivity index (χ0v) is 14.1. The van der Waals surface area contributed by atoms with Crippen molar-refractivity contribution in [3.8, 4) is 0 Å². The van der Waals surface area contributed by atoms with E-state index in [1.807, 2.05) is 31.2 Å². The van der Waals surface area contributed by atoms with Crippen molar-refractivity contribution in [2.75, 3.05) is 0 Å². The van der Waals surface area contributed by atoms with E-state index in [0.717, 1.165) is 24.1 Å². The van der Waals surface area contributed by atoms with Crippen LogP contribution in [0.25, 0.3) is 0 Å². The second-order valence-corrected chi connectivity index (χ2v) is 5.83. The molecule has 0 aliphatic heterocycles. The van der Waals surface area contributed by atoms with E-state index in [-0.39, 0.29) is 12.1 Å². The minimum Gasteiger partial charge on any atom is -0.332 e. The fraction of sp³-hybridized carbons (Fsp3) is 0.316. The quantitative estimate of drug-likeness (QED) is 0.822. The molecule has 2 unspecified atom stereocenters. The van der Waals surface area contributed by atoms with Gasteiger partial charge in [0.25, 0.3) is 0 Å². The van der Waals surface area contributed by atoms with Crippen molar-refractivity contribution in [1.82, 2.24) is 10.6 Å². The van der Waals surface area contributed by atoms with Crippen LogP contribution < -0.4 is 10.6 Å². The van der Waals surface area contributed by atoms with Gasteiger partial charge in [-0.05, 0) is 49.1 Å². The largest absolute Gasteiger partial charge is 0.332 e. The van der Waals surface area contributed by atoms with Crippen LogP contribution in [0.4, 0.5) is 13.6 Å². The average molecular weight is 332 g/mol. The molecule has 0 saturated heterocycles. The summed E-state index contributed by atoms with van der Waals surface area (Å²) in [6.07, 6.45) is 0.967. The van der Waals surface area contributed by atoms with Crippen LogP contribution in [0.5, 0.6) is 0 Å². The van der Waals surface area contributed by atoms with Crippen molar-refractivity contribution in [2.24, 2.45) is 0 Å². The van der Waals surface area contributed by atoms with Gasteiger partial charge in [-0.15, -0.1) is 0 Å². The Balaban J connectivity index is 1.94. The SMILES string of the molecule is CCc1ccc(C(C)NC(=O)NC(C)c2ccc(F)c(F)c2)cc1. The highest BCUT2D eigenvalue weighted by atomic mass is 19.2. The van der Waals surface area contributed by atoms with Crippen molar-refractivity contribution in [3.05, 3.63) is 70.8 Å². The third-order valence-electron chi connectivity index (χ3n) is 4.03. The van der Waals surface area contributed by atoms with E-state index in [0.29, 0.717) is 5.56 Å². The monoisotopic (exact) mass is 332 g/mol. The minimum atomic E-state index is -0.925. The topological polar surface area (TPSA) is 41.1 Å². The van der Waals surface area contributed by atoms with E-state index in [4.69, 9.17) is 0 Å². The smallest absolute Gasteiger partial charge is 0.315 e. The van der Waals surface area contributed by atoms with E-state index >= 15 is 0 Å². The first kappa shape index (κ1) is 17.9. The molecule has 2 aromatic carbocycles. The maximum atomic E-state index is 13.3. The summed E-state index contributed by atoms with van der Waals surface area (Å²) in [7, 11) is 0. The van der Waals surface area contributed by atoms with E-state index in [1.54, 1.807) is 6.92 Å². The Bertz CT molecular complexity index is 701. The molecule has 0 bridgehead atoms. The van der Waals surface area contributed by atoms with Crippen molar-refractivity contribution >= 4 is 6.03 Å². The van der Waals surface area contributed by atoms with E-state index in [2.05, 4.69) is 17.6 Å². The van der Waals surface area contributed by atoms with Gasteiger partial charge in [-0.1, -0.05) is 37.3 Å². The molecule has 2 rings (SSSR count). The van der Waals surface area contributed by atoms with E-state index in [9.17, 15) is 13.6 Å². The number of amides is 2. The van der Waals surface area contributed by atoms with Gasteiger partial charge in [0.2, 0.25) is 0 Å². The van der Waals surface area contributed by atoms with Crippen LogP contribution in [0.1, 0.15) is 49.5 Å². The molecule has 0 radical (unpaired) electrons. The minimum absolute atomic E-state index is 0.159. The molecular formula is C19H22F2N2O. The summed E-state index contributed by atoms with van der Waals surface area (Å²) in [5, 5.41) is 5.57. The van der Waals surface area contributed by atoms with Gasteiger partial charge in [0.1, 0.15) is 0 Å². The Morgan fingerprint density at radius 3 is 2.00 bits per heavy atom. The Morgan fingerprint density at radius 1 is 0.917 bits per heavy atom. The van der Waals surface area contributed by atoms with Crippen LogP contribution in [0.2, 0.25) is 0 Å². The Hall–Kier alpha value is -2.43. The second kappa shape index (κ2) is 7.90. The number of nitrogens with one attached hydrogen (secondary N) is 2. The summed E-state index contributed by atoms with van der Waals surface area (Å²) in [5.74, 6) is -1.83. The van der Waals surface area contributed by atoms with Crippen LogP contribution in [-0.4, -0.2) is 6.03 Å². The van der Waals surface area contributed by atoms with Crippen LogP contribution >= 0.6 is 0 Å². The summed E-state index contributed by atoms with van der Waals surface area (Å²) < 4.78 is 26.2. The van der Waals surface area contributed by atoms with E-state index < -0.39 is 17.7 Å². The molecule has 2 atom stereocenters. The first-order chi connectivity index (χ1) is 11.4. The van der Waals surface area contributed by atoms with Gasteiger partial charge in [-0.25, -0.2) is 13.6 Å². The first-order valence-corrected chi connectivity index (χ1v) is 8.01. The van der Waals surface area contributed by atoms with E-state index in [1.165, 1.54) is 11.6 Å². The molecule has 2 aromatic rings.